The molecule has 0 unspecified atom stereocenters. The predicted molar refractivity (Wildman–Crippen MR) is 104 cm³/mol. The standard InChI is InChI=1S/C18H26N2O4S2/c1-5-13(4)19-17(21)16-10-25-11-20(16)18(22)14-6-8-15(9-7-14)26(23,24)12(2)3/h6-9,12-13,16H,5,10-11H2,1-4H3,(H,19,21)/t13-,16-/m0/s1. The summed E-state index contributed by atoms with van der Waals surface area (Å²) in [4.78, 5) is 27.0. The van der Waals surface area contributed by atoms with Crippen LogP contribution in [-0.4, -0.2) is 54.1 Å². The fourth-order valence-electron chi connectivity index (χ4n) is 2.53. The minimum atomic E-state index is -3.37. The second kappa shape index (κ2) is 8.43. The van der Waals surface area contributed by atoms with Crippen LogP contribution in [0, 0.1) is 0 Å². The fraction of sp³-hybridized carbons (Fsp3) is 0.556. The van der Waals surface area contributed by atoms with Crippen LogP contribution in [0.5, 0.6) is 0 Å². The van der Waals surface area contributed by atoms with Gasteiger partial charge >= 0.3 is 0 Å². The van der Waals surface area contributed by atoms with E-state index in [1.807, 2.05) is 13.8 Å². The van der Waals surface area contributed by atoms with E-state index in [1.54, 1.807) is 18.7 Å². The van der Waals surface area contributed by atoms with Gasteiger partial charge < -0.3 is 10.2 Å². The van der Waals surface area contributed by atoms with Gasteiger partial charge in [0.05, 0.1) is 16.0 Å². The first kappa shape index (κ1) is 20.8. The van der Waals surface area contributed by atoms with E-state index in [1.165, 1.54) is 36.0 Å². The van der Waals surface area contributed by atoms with Gasteiger partial charge in [0.15, 0.2) is 9.84 Å². The SMILES string of the molecule is CC[C@H](C)NC(=O)[C@@H]1CSCN1C(=O)c1ccc(S(=O)(=O)C(C)C)cc1. The van der Waals surface area contributed by atoms with E-state index in [4.69, 9.17) is 0 Å². The molecule has 1 aromatic rings. The Bertz CT molecular complexity index is 760. The summed E-state index contributed by atoms with van der Waals surface area (Å²) in [5, 5.41) is 2.40. The number of benzene rings is 1. The Morgan fingerprint density at radius 3 is 2.38 bits per heavy atom. The van der Waals surface area contributed by atoms with Crippen LogP contribution < -0.4 is 5.32 Å². The molecule has 0 aromatic heterocycles. The summed E-state index contributed by atoms with van der Waals surface area (Å²) < 4.78 is 24.4. The quantitative estimate of drug-likeness (QED) is 0.795. The van der Waals surface area contributed by atoms with Crippen molar-refractivity contribution in [1.29, 1.82) is 0 Å². The van der Waals surface area contributed by atoms with Crippen molar-refractivity contribution >= 4 is 33.4 Å². The van der Waals surface area contributed by atoms with Gasteiger partial charge in [-0.15, -0.1) is 11.8 Å². The highest BCUT2D eigenvalue weighted by atomic mass is 32.2. The number of nitrogens with zero attached hydrogens (tertiary/aromatic N) is 1. The minimum Gasteiger partial charge on any atom is -0.352 e. The second-order valence-electron chi connectivity index (χ2n) is 6.73. The van der Waals surface area contributed by atoms with E-state index >= 15 is 0 Å². The van der Waals surface area contributed by atoms with E-state index in [0.717, 1.165) is 6.42 Å². The van der Waals surface area contributed by atoms with Crippen LogP contribution >= 0.6 is 11.8 Å². The maximum atomic E-state index is 12.8. The maximum Gasteiger partial charge on any atom is 0.255 e. The summed E-state index contributed by atoms with van der Waals surface area (Å²) in [5.74, 6) is 0.613. The largest absolute Gasteiger partial charge is 0.352 e. The van der Waals surface area contributed by atoms with Gasteiger partial charge in [-0.2, -0.15) is 0 Å². The van der Waals surface area contributed by atoms with Crippen LogP contribution in [0.2, 0.25) is 0 Å². The van der Waals surface area contributed by atoms with Crippen LogP contribution in [0.25, 0.3) is 0 Å². The number of nitrogens with one attached hydrogen (secondary N) is 1. The molecule has 144 valence electrons. The monoisotopic (exact) mass is 398 g/mol. The summed E-state index contributed by atoms with van der Waals surface area (Å²) in [7, 11) is -3.37. The zero-order valence-electron chi connectivity index (χ0n) is 15.6. The minimum absolute atomic E-state index is 0.0607. The summed E-state index contributed by atoms with van der Waals surface area (Å²) in [5.41, 5.74) is 0.386. The van der Waals surface area contributed by atoms with Crippen molar-refractivity contribution in [2.24, 2.45) is 0 Å². The molecule has 6 nitrogen and oxygen atoms in total. The fourth-order valence-corrected chi connectivity index (χ4v) is 4.74. The average Bonchev–Trinajstić information content (AvgIpc) is 3.10. The molecule has 1 saturated heterocycles. The molecule has 2 atom stereocenters. The van der Waals surface area contributed by atoms with Crippen molar-refractivity contribution in [1.82, 2.24) is 10.2 Å². The van der Waals surface area contributed by atoms with Crippen LogP contribution in [0.4, 0.5) is 0 Å². The first-order chi connectivity index (χ1) is 12.2. The lowest BCUT2D eigenvalue weighted by molar-refractivity contribution is -0.125. The summed E-state index contributed by atoms with van der Waals surface area (Å²) in [6.07, 6.45) is 0.825. The summed E-state index contributed by atoms with van der Waals surface area (Å²) in [6.45, 7) is 7.16. The predicted octanol–water partition coefficient (Wildman–Crippen LogP) is 2.30. The molecule has 1 fully saturated rings. The Kier molecular flexibility index (Phi) is 6.74. The first-order valence-electron chi connectivity index (χ1n) is 8.71. The number of thioether (sulfide) groups is 1. The van der Waals surface area contributed by atoms with E-state index in [2.05, 4.69) is 5.32 Å². The third-order valence-electron chi connectivity index (χ3n) is 4.50. The van der Waals surface area contributed by atoms with Gasteiger partial charge in [0.25, 0.3) is 5.91 Å². The molecular weight excluding hydrogens is 372 g/mol. The molecule has 0 saturated carbocycles. The molecule has 0 spiro atoms. The molecular formula is C18H26N2O4S2. The molecule has 2 amide bonds. The molecule has 0 radical (unpaired) electrons. The number of sulfone groups is 1. The number of carbonyl (C=O) groups is 2. The van der Waals surface area contributed by atoms with Crippen molar-refractivity contribution in [2.75, 3.05) is 11.6 Å². The average molecular weight is 399 g/mol. The van der Waals surface area contributed by atoms with Gasteiger partial charge in [0.1, 0.15) is 6.04 Å². The topological polar surface area (TPSA) is 83.6 Å². The molecule has 2 rings (SSSR count). The van der Waals surface area contributed by atoms with E-state index in [0.29, 0.717) is 17.2 Å². The first-order valence-corrected chi connectivity index (χ1v) is 11.4. The Labute approximate surface area is 159 Å². The second-order valence-corrected chi connectivity index (χ2v) is 10.2. The highest BCUT2D eigenvalue weighted by molar-refractivity contribution is 7.99. The maximum absolute atomic E-state index is 12.8. The van der Waals surface area contributed by atoms with Gasteiger partial charge in [-0.1, -0.05) is 6.92 Å². The van der Waals surface area contributed by atoms with Crippen LogP contribution in [0.15, 0.2) is 29.2 Å². The van der Waals surface area contributed by atoms with Gasteiger partial charge in [-0.05, 0) is 51.5 Å². The van der Waals surface area contributed by atoms with Crippen molar-refractivity contribution in [3.8, 4) is 0 Å². The van der Waals surface area contributed by atoms with E-state index in [9.17, 15) is 18.0 Å². The molecule has 1 aromatic carbocycles. The van der Waals surface area contributed by atoms with Crippen LogP contribution in [-0.2, 0) is 14.6 Å². The van der Waals surface area contributed by atoms with Crippen molar-refractivity contribution < 1.29 is 18.0 Å². The lowest BCUT2D eigenvalue weighted by atomic mass is 10.1. The van der Waals surface area contributed by atoms with Crippen LogP contribution in [0.3, 0.4) is 0 Å². The number of amides is 2. The molecule has 1 aliphatic heterocycles. The molecule has 0 aliphatic carbocycles. The number of hydrogen-bond donors (Lipinski definition) is 1. The Hall–Kier alpha value is -1.54. The van der Waals surface area contributed by atoms with Crippen molar-refractivity contribution in [2.45, 2.75) is 56.3 Å². The lowest BCUT2D eigenvalue weighted by Gasteiger charge is -2.24. The third kappa shape index (κ3) is 4.40. The smallest absolute Gasteiger partial charge is 0.255 e. The molecule has 0 bridgehead atoms. The highest BCUT2D eigenvalue weighted by Crippen LogP contribution is 2.24. The van der Waals surface area contributed by atoms with Gasteiger partial charge in [-0.25, -0.2) is 8.42 Å². The Balaban J connectivity index is 2.16. The molecule has 1 heterocycles. The molecule has 8 heteroatoms. The zero-order valence-corrected chi connectivity index (χ0v) is 17.2. The molecule has 1 aliphatic rings. The zero-order chi connectivity index (χ0) is 19.5. The van der Waals surface area contributed by atoms with Crippen LogP contribution in [0.1, 0.15) is 44.5 Å². The van der Waals surface area contributed by atoms with E-state index < -0.39 is 21.1 Å². The third-order valence-corrected chi connectivity index (χ3v) is 7.68. The summed E-state index contributed by atoms with van der Waals surface area (Å²) in [6, 6.07) is 5.51. The normalized spacial score (nSPS) is 18.8. The van der Waals surface area contributed by atoms with Gasteiger partial charge in [0, 0.05) is 17.4 Å². The highest BCUT2D eigenvalue weighted by Gasteiger charge is 2.35. The molecule has 1 N–H and O–H groups in total. The van der Waals surface area contributed by atoms with Crippen molar-refractivity contribution in [3.05, 3.63) is 29.8 Å². The number of hydrogen-bond acceptors (Lipinski definition) is 5. The van der Waals surface area contributed by atoms with Crippen molar-refractivity contribution in [3.63, 3.8) is 0 Å². The molecule has 26 heavy (non-hydrogen) atoms. The van der Waals surface area contributed by atoms with Gasteiger partial charge in [-0.3, -0.25) is 9.59 Å². The summed E-state index contributed by atoms with van der Waals surface area (Å²) >= 11 is 1.54. The van der Waals surface area contributed by atoms with Gasteiger partial charge in [0.2, 0.25) is 5.91 Å². The van der Waals surface area contributed by atoms with E-state index in [-0.39, 0.29) is 22.8 Å². The lowest BCUT2D eigenvalue weighted by Crippen LogP contribution is -2.49. The number of carbonyl (C=O) groups excluding carboxylic acids is 2. The Morgan fingerprint density at radius 1 is 1.23 bits per heavy atom. The Morgan fingerprint density at radius 2 is 1.85 bits per heavy atom. The number of rotatable bonds is 6.